The van der Waals surface area contributed by atoms with Gasteiger partial charge in [0.2, 0.25) is 0 Å². The highest BCUT2D eigenvalue weighted by atomic mass is 32.1. The van der Waals surface area contributed by atoms with Gasteiger partial charge in [0, 0.05) is 22.6 Å². The number of nitrogens with two attached hydrogens (primary N) is 1. The van der Waals surface area contributed by atoms with Crippen LogP contribution in [0.25, 0.3) is 32.8 Å². The van der Waals surface area contributed by atoms with Crippen LogP contribution in [0.1, 0.15) is 74.7 Å². The highest BCUT2D eigenvalue weighted by Crippen LogP contribution is 2.44. The predicted octanol–water partition coefficient (Wildman–Crippen LogP) is 7.22. The summed E-state index contributed by atoms with van der Waals surface area (Å²) in [5.74, 6) is -0.239. The van der Waals surface area contributed by atoms with Gasteiger partial charge in [-0.3, -0.25) is 18.7 Å². The van der Waals surface area contributed by atoms with Crippen molar-refractivity contribution in [2.45, 2.75) is 127 Å². The van der Waals surface area contributed by atoms with Gasteiger partial charge in [0.1, 0.15) is 24.9 Å². The fourth-order valence-electron chi connectivity index (χ4n) is 8.06. The van der Waals surface area contributed by atoms with Gasteiger partial charge in [-0.2, -0.15) is 0 Å². The number of carbonyl (C=O) groups excluding carboxylic acids is 2. The third kappa shape index (κ3) is 10.7. The molecule has 2 saturated heterocycles. The molecule has 2 aliphatic heterocycles. The molecule has 8 rings (SSSR count). The number of rotatable bonds is 15. The lowest BCUT2D eigenvalue weighted by Gasteiger charge is -2.41. The van der Waals surface area contributed by atoms with Crippen LogP contribution >= 0.6 is 12.2 Å². The van der Waals surface area contributed by atoms with Crippen molar-refractivity contribution in [1.82, 2.24) is 49.7 Å². The van der Waals surface area contributed by atoms with E-state index in [-0.39, 0.29) is 51.7 Å². The number of benzene rings is 2. The Kier molecular flexibility index (Phi) is 14.9. The highest BCUT2D eigenvalue weighted by Gasteiger charge is 2.53. The minimum Gasteiger partial charge on any atom is -0.408 e. The standard InChI is InChI=1S/C47H62N16O6SSi2/c1-46(2,3)71(7,8)68-35-31(48)29(66-43(35)62-25-55-33-37(51-23-53-39(33)62)59-41(64)27-17-13-11-14-18-27)21-50-45(70)58-32-30(22-57-61-49)67-44(36(32)69-72(9,10)47(4,5)6)63-26-56-34-38(52-24-54-40(34)63)60-42(65)28-19-15-12-16-20-28/h11-20,23-26,29-32,35-36,43-44H,21-22,48H2,1-10H3,(H2,50,58,70)(H,51,53,59,64)(H,52,54,60,65)/t29-,30-,31-,32-,35-,36-,43-,44-/m1/s1. The first-order chi connectivity index (χ1) is 34.1. The maximum atomic E-state index is 13.2. The SMILES string of the molecule is CC(C)(C)[Si](C)(C)O[C@@H]1[C@H](N)[C@@H](CNC(=S)N[C@H]2[C@@H](O[Si](C)(C)C(C)(C)C)[C@H](n3cnc4c(NC(=O)c5ccccc5)ncnc43)O[C@@H]2CN=[N+]=[N-])O[C@H]1n1cnc2c(NC(=O)c3ccccc3)ncnc21. The predicted molar refractivity (Wildman–Crippen MR) is 281 cm³/mol. The van der Waals surface area contributed by atoms with Crippen molar-refractivity contribution in [3.05, 3.63) is 108 Å². The molecule has 2 fully saturated rings. The van der Waals surface area contributed by atoms with Gasteiger partial charge < -0.3 is 45.3 Å². The zero-order valence-electron chi connectivity index (χ0n) is 42.0. The van der Waals surface area contributed by atoms with E-state index in [9.17, 15) is 15.1 Å². The van der Waals surface area contributed by atoms with Crippen molar-refractivity contribution >= 4 is 79.7 Å². The van der Waals surface area contributed by atoms with E-state index < -0.39 is 65.6 Å². The van der Waals surface area contributed by atoms with E-state index in [0.29, 0.717) is 33.5 Å². The molecular formula is C47H62N16O6SSi2. The number of thiocarbonyl (C=S) groups is 1. The third-order valence-corrected chi connectivity index (χ3v) is 23.3. The molecule has 25 heteroatoms. The number of aromatic nitrogens is 8. The van der Waals surface area contributed by atoms with E-state index in [1.54, 1.807) is 70.3 Å². The summed E-state index contributed by atoms with van der Waals surface area (Å²) in [7, 11) is -5.05. The van der Waals surface area contributed by atoms with Gasteiger partial charge in [-0.05, 0) is 78.3 Å². The second kappa shape index (κ2) is 20.7. The second-order valence-electron chi connectivity index (χ2n) is 20.9. The molecule has 2 amide bonds. The molecule has 6 heterocycles. The summed E-state index contributed by atoms with van der Waals surface area (Å²) in [5, 5.41) is 16.3. The summed E-state index contributed by atoms with van der Waals surface area (Å²) in [6, 6.07) is 16.3. The van der Waals surface area contributed by atoms with Crippen molar-refractivity contribution in [2.75, 3.05) is 23.7 Å². The first-order valence-corrected chi connectivity index (χ1v) is 29.9. The molecule has 6 N–H and O–H groups in total. The Balaban J connectivity index is 1.06. The number of azide groups is 1. The molecule has 72 heavy (non-hydrogen) atoms. The average Bonchev–Trinajstić information content (AvgIpc) is 4.11. The molecule has 4 aromatic heterocycles. The van der Waals surface area contributed by atoms with Gasteiger partial charge in [-0.25, -0.2) is 29.9 Å². The molecule has 2 aromatic carbocycles. The molecule has 380 valence electrons. The van der Waals surface area contributed by atoms with Crippen LogP contribution in [0, 0.1) is 0 Å². The number of nitrogens with one attached hydrogen (secondary N) is 4. The minimum absolute atomic E-state index is 0.0601. The Morgan fingerprint density at radius 1 is 0.736 bits per heavy atom. The van der Waals surface area contributed by atoms with Crippen LogP contribution in [0.5, 0.6) is 0 Å². The zero-order chi connectivity index (χ0) is 51.8. The van der Waals surface area contributed by atoms with E-state index in [4.69, 9.17) is 36.3 Å². The van der Waals surface area contributed by atoms with E-state index in [1.807, 2.05) is 12.1 Å². The van der Waals surface area contributed by atoms with Crippen LogP contribution in [-0.2, 0) is 18.3 Å². The summed E-state index contributed by atoms with van der Waals surface area (Å²) in [4.78, 5) is 56.6. The van der Waals surface area contributed by atoms with Gasteiger partial charge in [0.05, 0.1) is 43.5 Å². The molecule has 2 aliphatic rings. The monoisotopic (exact) mass is 1030 g/mol. The highest BCUT2D eigenvalue weighted by molar-refractivity contribution is 7.80. The van der Waals surface area contributed by atoms with Gasteiger partial charge in [0.15, 0.2) is 68.2 Å². The van der Waals surface area contributed by atoms with Crippen LogP contribution in [0.2, 0.25) is 36.3 Å². The van der Waals surface area contributed by atoms with E-state index in [0.717, 1.165) is 0 Å². The Labute approximate surface area is 424 Å². The van der Waals surface area contributed by atoms with Crippen LogP contribution in [0.4, 0.5) is 11.6 Å². The number of nitrogens with zero attached hydrogens (tertiary/aromatic N) is 11. The number of ether oxygens (including phenoxy) is 2. The van der Waals surface area contributed by atoms with Crippen molar-refractivity contribution < 1.29 is 27.9 Å². The van der Waals surface area contributed by atoms with Gasteiger partial charge in [-0.15, -0.1) is 0 Å². The quantitative estimate of drug-likeness (QED) is 0.0223. The summed E-state index contributed by atoms with van der Waals surface area (Å²) < 4.78 is 31.4. The fraction of sp³-hybridized carbons (Fsp3) is 0.468. The molecule has 22 nitrogen and oxygen atoms in total. The molecule has 0 saturated carbocycles. The van der Waals surface area contributed by atoms with Crippen molar-refractivity contribution in [1.29, 1.82) is 0 Å². The summed E-state index contributed by atoms with van der Waals surface area (Å²) in [5.41, 5.74) is 19.1. The normalized spacial score (nSPS) is 22.7. The first kappa shape index (κ1) is 52.0. The topological polar surface area (TPSA) is 281 Å². The average molecular weight is 1040 g/mol. The zero-order valence-corrected chi connectivity index (χ0v) is 44.8. The molecule has 0 unspecified atom stereocenters. The number of hydrogen-bond donors (Lipinski definition) is 5. The largest absolute Gasteiger partial charge is 0.408 e. The summed E-state index contributed by atoms with van der Waals surface area (Å²) >= 11 is 6.04. The Bertz CT molecular complexity index is 2980. The van der Waals surface area contributed by atoms with E-state index in [2.05, 4.69) is 129 Å². The lowest BCUT2D eigenvalue weighted by atomic mass is 10.1. The molecular weight excluding hydrogens is 973 g/mol. The maximum absolute atomic E-state index is 13.2. The number of hydrogen-bond acceptors (Lipinski definition) is 15. The molecule has 6 aromatic rings. The molecule has 0 bridgehead atoms. The van der Waals surface area contributed by atoms with Crippen LogP contribution in [0.15, 0.2) is 91.1 Å². The van der Waals surface area contributed by atoms with Gasteiger partial charge in [-0.1, -0.05) is 83.1 Å². The smallest absolute Gasteiger partial charge is 0.256 e. The number of anilines is 2. The molecule has 0 spiro atoms. The Morgan fingerprint density at radius 3 is 1.67 bits per heavy atom. The fourth-order valence-corrected chi connectivity index (χ4v) is 10.9. The summed E-state index contributed by atoms with van der Waals surface area (Å²) in [6.45, 7) is 21.6. The number of fused-ring (bicyclic) bond motifs is 2. The third-order valence-electron chi connectivity index (χ3n) is 14.1. The van der Waals surface area contributed by atoms with E-state index >= 15 is 0 Å². The van der Waals surface area contributed by atoms with Gasteiger partial charge >= 0.3 is 0 Å². The van der Waals surface area contributed by atoms with Gasteiger partial charge in [0.25, 0.3) is 11.8 Å². The van der Waals surface area contributed by atoms with Crippen LogP contribution < -0.4 is 27.0 Å². The Morgan fingerprint density at radius 2 is 1.19 bits per heavy atom. The lowest BCUT2D eigenvalue weighted by Crippen LogP contribution is -2.57. The minimum atomic E-state index is -2.58. The molecule has 8 atom stereocenters. The molecule has 0 aliphatic carbocycles. The maximum Gasteiger partial charge on any atom is 0.256 e. The second-order valence-corrected chi connectivity index (χ2v) is 30.8. The molecule has 0 radical (unpaired) electrons. The number of carbonyl (C=O) groups is 2. The van der Waals surface area contributed by atoms with Crippen LogP contribution in [0.3, 0.4) is 0 Å². The van der Waals surface area contributed by atoms with Crippen molar-refractivity contribution in [3.63, 3.8) is 0 Å². The van der Waals surface area contributed by atoms with Crippen molar-refractivity contribution in [2.24, 2.45) is 10.8 Å². The lowest BCUT2D eigenvalue weighted by molar-refractivity contribution is -0.0296. The van der Waals surface area contributed by atoms with Crippen LogP contribution in [-0.4, -0.2) is 122 Å². The summed E-state index contributed by atoms with van der Waals surface area (Å²) in [6.07, 6.45) is 1.50. The number of imidazole rings is 2. The van der Waals surface area contributed by atoms with Crippen molar-refractivity contribution in [3.8, 4) is 0 Å². The number of amides is 2. The first-order valence-electron chi connectivity index (χ1n) is 23.6. The Hall–Kier alpha value is -6.29. The van der Waals surface area contributed by atoms with E-state index in [1.165, 1.54) is 12.7 Å².